The smallest absolute Gasteiger partial charge is 0.307 e. The zero-order valence-corrected chi connectivity index (χ0v) is 12.9. The molecule has 0 saturated carbocycles. The normalized spacial score (nSPS) is 10.7. The van der Waals surface area contributed by atoms with Gasteiger partial charge in [0.25, 0.3) is 12.3 Å². The van der Waals surface area contributed by atoms with Crippen molar-refractivity contribution in [2.24, 2.45) is 0 Å². The van der Waals surface area contributed by atoms with E-state index in [4.69, 9.17) is 0 Å². The van der Waals surface area contributed by atoms with Crippen molar-refractivity contribution in [2.45, 2.75) is 12.8 Å². The van der Waals surface area contributed by atoms with Crippen molar-refractivity contribution >= 4 is 11.9 Å². The third-order valence-corrected chi connectivity index (χ3v) is 3.23. The number of amides is 1. The van der Waals surface area contributed by atoms with Gasteiger partial charge in [0.2, 0.25) is 0 Å². The van der Waals surface area contributed by atoms with Crippen LogP contribution in [0.25, 0.3) is 5.69 Å². The highest BCUT2D eigenvalue weighted by molar-refractivity contribution is 5.97. The second kappa shape index (κ2) is 8.14. The molecule has 9 heteroatoms. The van der Waals surface area contributed by atoms with Crippen LogP contribution in [0.4, 0.5) is 8.78 Å². The van der Waals surface area contributed by atoms with Gasteiger partial charge in [0.1, 0.15) is 0 Å². The second-order valence-corrected chi connectivity index (χ2v) is 4.80. The maximum absolute atomic E-state index is 12.8. The number of para-hydroxylation sites is 1. The average molecular weight is 338 g/mol. The molecule has 0 bridgehead atoms. The molecule has 0 unspecified atom stereocenters. The van der Waals surface area contributed by atoms with E-state index in [0.717, 1.165) is 4.90 Å². The highest BCUT2D eigenvalue weighted by atomic mass is 19.3. The summed E-state index contributed by atoms with van der Waals surface area (Å²) in [6.45, 7) is -0.951. The molecule has 1 amide bonds. The van der Waals surface area contributed by atoms with Crippen LogP contribution in [0.2, 0.25) is 0 Å². The van der Waals surface area contributed by atoms with Crippen LogP contribution in [-0.4, -0.2) is 58.4 Å². The van der Waals surface area contributed by atoms with Crippen molar-refractivity contribution in [2.75, 3.05) is 20.2 Å². The number of rotatable bonds is 7. The SMILES string of the molecule is COC(=O)CCN(CC(F)F)C(=O)c1ccccc1-n1nccn1. The maximum atomic E-state index is 12.8. The van der Waals surface area contributed by atoms with Gasteiger partial charge in [0.05, 0.1) is 43.7 Å². The lowest BCUT2D eigenvalue weighted by atomic mass is 10.1. The van der Waals surface area contributed by atoms with Crippen LogP contribution in [0.1, 0.15) is 16.8 Å². The van der Waals surface area contributed by atoms with E-state index in [9.17, 15) is 18.4 Å². The first kappa shape index (κ1) is 17.5. The molecule has 0 fully saturated rings. The predicted octanol–water partition coefficient (Wildman–Crippen LogP) is 1.54. The van der Waals surface area contributed by atoms with Crippen LogP contribution in [-0.2, 0) is 9.53 Å². The number of carbonyl (C=O) groups excluding carboxylic acids is 2. The van der Waals surface area contributed by atoms with Gasteiger partial charge in [0, 0.05) is 6.54 Å². The summed E-state index contributed by atoms with van der Waals surface area (Å²) >= 11 is 0. The number of esters is 1. The zero-order valence-electron chi connectivity index (χ0n) is 12.9. The molecule has 0 radical (unpaired) electrons. The average Bonchev–Trinajstić information content (AvgIpc) is 3.11. The van der Waals surface area contributed by atoms with Gasteiger partial charge < -0.3 is 9.64 Å². The summed E-state index contributed by atoms with van der Waals surface area (Å²) < 4.78 is 30.1. The minimum absolute atomic E-state index is 0.166. The lowest BCUT2D eigenvalue weighted by molar-refractivity contribution is -0.140. The Kier molecular flexibility index (Phi) is 5.94. The van der Waals surface area contributed by atoms with Crippen molar-refractivity contribution in [3.63, 3.8) is 0 Å². The largest absolute Gasteiger partial charge is 0.469 e. The Bertz CT molecular complexity index is 692. The van der Waals surface area contributed by atoms with E-state index < -0.39 is 24.8 Å². The minimum Gasteiger partial charge on any atom is -0.469 e. The van der Waals surface area contributed by atoms with E-state index in [0.29, 0.717) is 5.69 Å². The van der Waals surface area contributed by atoms with Gasteiger partial charge in [-0.3, -0.25) is 9.59 Å². The van der Waals surface area contributed by atoms with Crippen molar-refractivity contribution < 1.29 is 23.1 Å². The van der Waals surface area contributed by atoms with E-state index in [2.05, 4.69) is 14.9 Å². The number of nitrogens with zero attached hydrogens (tertiary/aromatic N) is 4. The Morgan fingerprint density at radius 3 is 2.54 bits per heavy atom. The molecule has 128 valence electrons. The van der Waals surface area contributed by atoms with Crippen LogP contribution in [0.15, 0.2) is 36.7 Å². The molecule has 24 heavy (non-hydrogen) atoms. The summed E-state index contributed by atoms with van der Waals surface area (Å²) in [7, 11) is 1.19. The van der Waals surface area contributed by atoms with Crippen molar-refractivity contribution in [1.29, 1.82) is 0 Å². The number of hydrogen-bond donors (Lipinski definition) is 0. The Balaban J connectivity index is 2.27. The third-order valence-electron chi connectivity index (χ3n) is 3.23. The van der Waals surface area contributed by atoms with Gasteiger partial charge in [-0.05, 0) is 12.1 Å². The molecule has 7 nitrogen and oxygen atoms in total. The molecule has 0 aliphatic carbocycles. The molecule has 0 N–H and O–H groups in total. The van der Waals surface area contributed by atoms with E-state index in [1.807, 2.05) is 0 Å². The van der Waals surface area contributed by atoms with Crippen LogP contribution in [0.5, 0.6) is 0 Å². The third kappa shape index (κ3) is 4.34. The van der Waals surface area contributed by atoms with Gasteiger partial charge in [-0.1, -0.05) is 12.1 Å². The standard InChI is InChI=1S/C15H16F2N4O3/c1-24-14(22)6-9-20(10-13(16)17)15(23)11-4-2-3-5-12(11)21-18-7-8-19-21/h2-5,7-8,13H,6,9-10H2,1H3. The summed E-state index contributed by atoms with van der Waals surface area (Å²) in [5.41, 5.74) is 0.532. The predicted molar refractivity (Wildman–Crippen MR) is 79.9 cm³/mol. The summed E-state index contributed by atoms with van der Waals surface area (Å²) in [6, 6.07) is 6.40. The Labute approximate surface area is 136 Å². The number of alkyl halides is 2. The monoisotopic (exact) mass is 338 g/mol. The molecule has 0 aliphatic heterocycles. The summed E-state index contributed by atoms with van der Waals surface area (Å²) in [6.07, 6.45) is -0.0104. The highest BCUT2D eigenvalue weighted by Crippen LogP contribution is 2.16. The molecule has 0 aliphatic rings. The van der Waals surface area contributed by atoms with Gasteiger partial charge in [-0.2, -0.15) is 15.0 Å². The molecule has 1 aromatic heterocycles. The lowest BCUT2D eigenvalue weighted by Gasteiger charge is -2.22. The molecule has 2 rings (SSSR count). The van der Waals surface area contributed by atoms with Crippen LogP contribution in [0, 0.1) is 0 Å². The van der Waals surface area contributed by atoms with E-state index in [1.165, 1.54) is 30.4 Å². The molecular formula is C15H16F2N4O3. The number of ether oxygens (including phenoxy) is 1. The quantitative estimate of drug-likeness (QED) is 0.716. The fourth-order valence-corrected chi connectivity index (χ4v) is 2.11. The first-order valence-electron chi connectivity index (χ1n) is 7.13. The number of methoxy groups -OCH3 is 1. The summed E-state index contributed by atoms with van der Waals surface area (Å²) in [5.74, 6) is -1.21. The van der Waals surface area contributed by atoms with Gasteiger partial charge in [-0.15, -0.1) is 0 Å². The summed E-state index contributed by atoms with van der Waals surface area (Å²) in [5, 5.41) is 7.90. The van der Waals surface area contributed by atoms with Crippen LogP contribution >= 0.6 is 0 Å². The second-order valence-electron chi connectivity index (χ2n) is 4.80. The van der Waals surface area contributed by atoms with Crippen LogP contribution in [0.3, 0.4) is 0 Å². The fourth-order valence-electron chi connectivity index (χ4n) is 2.11. The van der Waals surface area contributed by atoms with E-state index in [-0.39, 0.29) is 18.5 Å². The fraction of sp³-hybridized carbons (Fsp3) is 0.333. The van der Waals surface area contributed by atoms with E-state index in [1.54, 1.807) is 18.2 Å². The molecule has 0 saturated heterocycles. The van der Waals surface area contributed by atoms with E-state index >= 15 is 0 Å². The number of halogens is 2. The first-order chi connectivity index (χ1) is 11.5. The van der Waals surface area contributed by atoms with Crippen molar-refractivity contribution in [3.05, 3.63) is 42.2 Å². The molecule has 0 atom stereocenters. The topological polar surface area (TPSA) is 77.3 Å². The Morgan fingerprint density at radius 1 is 1.25 bits per heavy atom. The zero-order chi connectivity index (χ0) is 17.5. The highest BCUT2D eigenvalue weighted by Gasteiger charge is 2.23. The van der Waals surface area contributed by atoms with Crippen LogP contribution < -0.4 is 0 Å². The molecule has 1 heterocycles. The van der Waals surface area contributed by atoms with Gasteiger partial charge in [0.15, 0.2) is 0 Å². The number of aromatic nitrogens is 3. The lowest BCUT2D eigenvalue weighted by Crippen LogP contribution is -2.37. The molecule has 1 aromatic carbocycles. The molecule has 2 aromatic rings. The van der Waals surface area contributed by atoms with Crippen molar-refractivity contribution in [3.8, 4) is 5.69 Å². The molecular weight excluding hydrogens is 322 g/mol. The Morgan fingerprint density at radius 2 is 1.92 bits per heavy atom. The number of hydrogen-bond acceptors (Lipinski definition) is 5. The Hall–Kier alpha value is -2.84. The number of carbonyl (C=O) groups is 2. The maximum Gasteiger partial charge on any atom is 0.307 e. The van der Waals surface area contributed by atoms with Crippen molar-refractivity contribution in [1.82, 2.24) is 19.9 Å². The first-order valence-corrected chi connectivity index (χ1v) is 7.13. The summed E-state index contributed by atoms with van der Waals surface area (Å²) in [4.78, 5) is 26.1. The molecule has 0 spiro atoms. The minimum atomic E-state index is -2.72. The van der Waals surface area contributed by atoms with Gasteiger partial charge in [-0.25, -0.2) is 8.78 Å². The van der Waals surface area contributed by atoms with Gasteiger partial charge >= 0.3 is 5.97 Å². The number of benzene rings is 1.